The second-order valence-corrected chi connectivity index (χ2v) is 5.17. The Morgan fingerprint density at radius 1 is 1.53 bits per heavy atom. The van der Waals surface area contributed by atoms with Gasteiger partial charge in [0.2, 0.25) is 0 Å². The molecule has 2 rings (SSSR count). The highest BCUT2D eigenvalue weighted by molar-refractivity contribution is 5.26. The first-order valence-corrected chi connectivity index (χ1v) is 6.97. The summed E-state index contributed by atoms with van der Waals surface area (Å²) in [7, 11) is 0. The number of rotatable bonds is 5. The van der Waals surface area contributed by atoms with Crippen LogP contribution in [0.4, 0.5) is 0 Å². The van der Waals surface area contributed by atoms with Gasteiger partial charge in [0.15, 0.2) is 0 Å². The molecule has 0 aliphatic heterocycles. The molecule has 17 heavy (non-hydrogen) atoms. The van der Waals surface area contributed by atoms with Crippen LogP contribution in [0.25, 0.3) is 0 Å². The first-order chi connectivity index (χ1) is 8.33. The monoisotopic (exact) mass is 232 g/mol. The Morgan fingerprint density at radius 3 is 3.24 bits per heavy atom. The number of aromatic nitrogens is 1. The quantitative estimate of drug-likeness (QED) is 0.789. The Morgan fingerprint density at radius 2 is 2.41 bits per heavy atom. The van der Waals surface area contributed by atoms with Crippen molar-refractivity contribution < 1.29 is 0 Å². The smallest absolute Gasteiger partial charge is 0.0469 e. The van der Waals surface area contributed by atoms with Gasteiger partial charge in [-0.3, -0.25) is 4.98 Å². The molecule has 2 atom stereocenters. The summed E-state index contributed by atoms with van der Waals surface area (Å²) >= 11 is 0. The standard InChI is InChI=1S/C15H24N2/c1-3-16-11-9-12(2)14-8-4-6-13-7-5-10-17-15(13)14/h5,7,10,12,14,16H,3-4,6,8-9,11H2,1-2H3. The number of hydrogen-bond acceptors (Lipinski definition) is 2. The molecular weight excluding hydrogens is 208 g/mol. The zero-order chi connectivity index (χ0) is 12.1. The van der Waals surface area contributed by atoms with Crippen LogP contribution in [0, 0.1) is 5.92 Å². The van der Waals surface area contributed by atoms with Gasteiger partial charge in [0, 0.05) is 17.8 Å². The maximum absolute atomic E-state index is 4.63. The van der Waals surface area contributed by atoms with E-state index in [0.717, 1.165) is 19.0 Å². The Kier molecular flexibility index (Phi) is 4.55. The minimum absolute atomic E-state index is 0.679. The van der Waals surface area contributed by atoms with Crippen molar-refractivity contribution in [1.29, 1.82) is 0 Å². The third-order valence-electron chi connectivity index (χ3n) is 3.95. The van der Waals surface area contributed by atoms with Gasteiger partial charge in [-0.1, -0.05) is 19.9 Å². The van der Waals surface area contributed by atoms with Gasteiger partial charge in [-0.2, -0.15) is 0 Å². The van der Waals surface area contributed by atoms with E-state index in [4.69, 9.17) is 0 Å². The van der Waals surface area contributed by atoms with Crippen molar-refractivity contribution in [2.75, 3.05) is 13.1 Å². The Bertz CT molecular complexity index is 349. The molecule has 0 aromatic carbocycles. The van der Waals surface area contributed by atoms with Gasteiger partial charge in [0.25, 0.3) is 0 Å². The largest absolute Gasteiger partial charge is 0.317 e. The van der Waals surface area contributed by atoms with Gasteiger partial charge in [-0.15, -0.1) is 0 Å². The lowest BCUT2D eigenvalue weighted by molar-refractivity contribution is 0.370. The zero-order valence-corrected chi connectivity index (χ0v) is 11.1. The Balaban J connectivity index is 2.02. The Labute approximate surface area is 105 Å². The van der Waals surface area contributed by atoms with Crippen molar-refractivity contribution in [2.45, 2.75) is 45.4 Å². The second kappa shape index (κ2) is 6.15. The fourth-order valence-corrected chi connectivity index (χ4v) is 2.91. The van der Waals surface area contributed by atoms with Gasteiger partial charge >= 0.3 is 0 Å². The third kappa shape index (κ3) is 3.06. The van der Waals surface area contributed by atoms with Gasteiger partial charge in [0.05, 0.1) is 0 Å². The van der Waals surface area contributed by atoms with E-state index in [1.54, 1.807) is 0 Å². The van der Waals surface area contributed by atoms with E-state index in [1.807, 2.05) is 6.20 Å². The van der Waals surface area contributed by atoms with Crippen molar-refractivity contribution in [3.63, 3.8) is 0 Å². The number of fused-ring (bicyclic) bond motifs is 1. The fourth-order valence-electron chi connectivity index (χ4n) is 2.91. The van der Waals surface area contributed by atoms with E-state index in [1.165, 1.54) is 36.9 Å². The number of nitrogens with zero attached hydrogens (tertiary/aromatic N) is 1. The van der Waals surface area contributed by atoms with Gasteiger partial charge in [0.1, 0.15) is 0 Å². The molecule has 0 radical (unpaired) electrons. The van der Waals surface area contributed by atoms with Crippen molar-refractivity contribution >= 4 is 0 Å². The van der Waals surface area contributed by atoms with Crippen molar-refractivity contribution in [3.05, 3.63) is 29.6 Å². The molecule has 2 nitrogen and oxygen atoms in total. The SMILES string of the molecule is CCNCCC(C)C1CCCc2cccnc21. The molecule has 0 fully saturated rings. The van der Waals surface area contributed by atoms with Crippen LogP contribution in [0.1, 0.15) is 50.3 Å². The van der Waals surface area contributed by atoms with Gasteiger partial charge in [-0.05, 0) is 56.3 Å². The average molecular weight is 232 g/mol. The predicted octanol–water partition coefficient (Wildman–Crippen LogP) is 3.14. The first kappa shape index (κ1) is 12.6. The molecule has 0 saturated heterocycles. The van der Waals surface area contributed by atoms with Crippen LogP contribution >= 0.6 is 0 Å². The van der Waals surface area contributed by atoms with Crippen LogP contribution in [0.2, 0.25) is 0 Å². The summed E-state index contributed by atoms with van der Waals surface area (Å²) in [6, 6.07) is 4.33. The van der Waals surface area contributed by atoms with Crippen molar-refractivity contribution in [2.24, 2.45) is 5.92 Å². The summed E-state index contributed by atoms with van der Waals surface area (Å²) in [5, 5.41) is 3.42. The lowest BCUT2D eigenvalue weighted by atomic mass is 9.78. The maximum Gasteiger partial charge on any atom is 0.0469 e. The molecule has 0 saturated carbocycles. The maximum atomic E-state index is 4.63. The molecule has 1 N–H and O–H groups in total. The highest BCUT2D eigenvalue weighted by Gasteiger charge is 2.25. The van der Waals surface area contributed by atoms with E-state index in [9.17, 15) is 0 Å². The second-order valence-electron chi connectivity index (χ2n) is 5.17. The van der Waals surface area contributed by atoms with Crippen molar-refractivity contribution in [3.8, 4) is 0 Å². The molecule has 94 valence electrons. The zero-order valence-electron chi connectivity index (χ0n) is 11.1. The lowest BCUT2D eigenvalue weighted by Crippen LogP contribution is -2.22. The van der Waals surface area contributed by atoms with Crippen LogP contribution in [0.15, 0.2) is 18.3 Å². The number of pyridine rings is 1. The summed E-state index contributed by atoms with van der Waals surface area (Å²) in [6.07, 6.45) is 7.08. The fraction of sp³-hybridized carbons (Fsp3) is 0.667. The third-order valence-corrected chi connectivity index (χ3v) is 3.95. The van der Waals surface area contributed by atoms with Crippen LogP contribution in [0.5, 0.6) is 0 Å². The lowest BCUT2D eigenvalue weighted by Gasteiger charge is -2.29. The first-order valence-electron chi connectivity index (χ1n) is 6.97. The van der Waals surface area contributed by atoms with Crippen molar-refractivity contribution in [1.82, 2.24) is 10.3 Å². The Hall–Kier alpha value is -0.890. The molecule has 2 heteroatoms. The van der Waals surface area contributed by atoms with E-state index in [0.29, 0.717) is 5.92 Å². The predicted molar refractivity (Wildman–Crippen MR) is 72.2 cm³/mol. The highest BCUT2D eigenvalue weighted by atomic mass is 14.8. The molecule has 0 spiro atoms. The normalized spacial score (nSPS) is 20.9. The summed E-state index contributed by atoms with van der Waals surface area (Å²) in [6.45, 7) is 6.76. The van der Waals surface area contributed by atoms with E-state index >= 15 is 0 Å². The van der Waals surface area contributed by atoms with Crippen LogP contribution in [0.3, 0.4) is 0 Å². The molecular formula is C15H24N2. The van der Waals surface area contributed by atoms with Crippen LogP contribution in [-0.2, 0) is 6.42 Å². The summed E-state index contributed by atoms with van der Waals surface area (Å²) in [5.41, 5.74) is 2.86. The summed E-state index contributed by atoms with van der Waals surface area (Å²) in [4.78, 5) is 4.63. The minimum atomic E-state index is 0.679. The van der Waals surface area contributed by atoms with E-state index in [2.05, 4.69) is 36.3 Å². The molecule has 1 aliphatic carbocycles. The van der Waals surface area contributed by atoms with Gasteiger partial charge in [-0.25, -0.2) is 0 Å². The molecule has 1 aliphatic rings. The number of nitrogens with one attached hydrogen (secondary N) is 1. The highest BCUT2D eigenvalue weighted by Crippen LogP contribution is 2.36. The molecule has 2 unspecified atom stereocenters. The number of hydrogen-bond donors (Lipinski definition) is 1. The molecule has 0 bridgehead atoms. The van der Waals surface area contributed by atoms with E-state index < -0.39 is 0 Å². The molecule has 1 aromatic rings. The van der Waals surface area contributed by atoms with Gasteiger partial charge < -0.3 is 5.32 Å². The average Bonchev–Trinajstić information content (AvgIpc) is 2.38. The topological polar surface area (TPSA) is 24.9 Å². The molecule has 0 amide bonds. The molecule has 1 heterocycles. The summed E-state index contributed by atoms with van der Waals surface area (Å²) in [5.74, 6) is 1.42. The van der Waals surface area contributed by atoms with Crippen LogP contribution < -0.4 is 5.32 Å². The number of aryl methyl sites for hydroxylation is 1. The van der Waals surface area contributed by atoms with Crippen LogP contribution in [-0.4, -0.2) is 18.1 Å². The van der Waals surface area contributed by atoms with E-state index in [-0.39, 0.29) is 0 Å². The minimum Gasteiger partial charge on any atom is -0.317 e. The summed E-state index contributed by atoms with van der Waals surface area (Å²) < 4.78 is 0. The molecule has 1 aromatic heterocycles.